The van der Waals surface area contributed by atoms with Gasteiger partial charge in [0.05, 0.1) is 4.90 Å². The van der Waals surface area contributed by atoms with Crippen molar-refractivity contribution in [3.63, 3.8) is 0 Å². The second kappa shape index (κ2) is 7.19. The molecule has 21 heavy (non-hydrogen) atoms. The van der Waals surface area contributed by atoms with E-state index in [1.54, 1.807) is 12.1 Å². The molecule has 1 aromatic carbocycles. The maximum Gasteiger partial charge on any atom is 0.325 e. The molecule has 0 saturated carbocycles. The van der Waals surface area contributed by atoms with Gasteiger partial charge in [0.2, 0.25) is 15.9 Å². The van der Waals surface area contributed by atoms with Gasteiger partial charge in [0.1, 0.15) is 6.04 Å². The van der Waals surface area contributed by atoms with Crippen LogP contribution in [0, 0.1) is 0 Å². The van der Waals surface area contributed by atoms with Gasteiger partial charge < -0.3 is 10.4 Å². The highest BCUT2D eigenvalue weighted by Crippen LogP contribution is 2.11. The molecule has 7 nitrogen and oxygen atoms in total. The van der Waals surface area contributed by atoms with Crippen LogP contribution in [0.5, 0.6) is 0 Å². The number of hydrogen-bond donors (Lipinski definition) is 3. The largest absolute Gasteiger partial charge is 0.480 e. The second-order valence-corrected chi connectivity index (χ2v) is 6.37. The van der Waals surface area contributed by atoms with E-state index in [0.717, 1.165) is 5.56 Å². The Kier molecular flexibility index (Phi) is 5.86. The number of carbonyl (C=O) groups excluding carboxylic acids is 1. The topological polar surface area (TPSA) is 113 Å². The van der Waals surface area contributed by atoms with E-state index in [1.165, 1.54) is 26.1 Å². The molecule has 1 aromatic rings. The Labute approximate surface area is 123 Å². The molecule has 0 aliphatic carbocycles. The van der Waals surface area contributed by atoms with Crippen molar-refractivity contribution in [2.45, 2.75) is 30.7 Å². The Morgan fingerprint density at radius 1 is 1.24 bits per heavy atom. The number of benzene rings is 1. The van der Waals surface area contributed by atoms with E-state index in [1.807, 2.05) is 0 Å². The first-order chi connectivity index (χ1) is 9.76. The van der Waals surface area contributed by atoms with E-state index in [4.69, 9.17) is 5.11 Å². The highest BCUT2D eigenvalue weighted by Gasteiger charge is 2.14. The molecule has 0 fully saturated rings. The summed E-state index contributed by atoms with van der Waals surface area (Å²) in [7, 11) is -2.14. The molecule has 1 rings (SSSR count). The monoisotopic (exact) mass is 314 g/mol. The van der Waals surface area contributed by atoms with Gasteiger partial charge in [-0.2, -0.15) is 0 Å². The minimum atomic E-state index is -3.47. The van der Waals surface area contributed by atoms with Crippen LogP contribution in [0.15, 0.2) is 29.2 Å². The average molecular weight is 314 g/mol. The Morgan fingerprint density at radius 2 is 1.81 bits per heavy atom. The Bertz CT molecular complexity index is 610. The van der Waals surface area contributed by atoms with Crippen molar-refractivity contribution in [3.05, 3.63) is 29.8 Å². The SMILES string of the molecule is CNS(=O)(=O)c1ccc(CCC(=O)NC(C)C(=O)O)cc1. The zero-order valence-corrected chi connectivity index (χ0v) is 12.6. The summed E-state index contributed by atoms with van der Waals surface area (Å²) < 4.78 is 25.3. The van der Waals surface area contributed by atoms with Crippen molar-refractivity contribution in [1.82, 2.24) is 10.0 Å². The van der Waals surface area contributed by atoms with E-state index in [2.05, 4.69) is 10.0 Å². The van der Waals surface area contributed by atoms with Gasteiger partial charge in [-0.15, -0.1) is 0 Å². The lowest BCUT2D eigenvalue weighted by Crippen LogP contribution is -2.38. The number of aryl methyl sites for hydroxylation is 1. The summed E-state index contributed by atoms with van der Waals surface area (Å²) in [6.07, 6.45) is 0.536. The zero-order chi connectivity index (χ0) is 16.0. The third kappa shape index (κ3) is 5.16. The molecule has 1 atom stereocenters. The highest BCUT2D eigenvalue weighted by atomic mass is 32.2. The zero-order valence-electron chi connectivity index (χ0n) is 11.8. The van der Waals surface area contributed by atoms with Crippen molar-refractivity contribution < 1.29 is 23.1 Å². The fourth-order valence-corrected chi connectivity index (χ4v) is 2.32. The summed E-state index contributed by atoms with van der Waals surface area (Å²) in [5.74, 6) is -1.46. The molecule has 0 aliphatic heterocycles. The van der Waals surface area contributed by atoms with Gasteiger partial charge in [-0.1, -0.05) is 12.1 Å². The number of amides is 1. The van der Waals surface area contributed by atoms with Crippen LogP contribution in [0.1, 0.15) is 18.9 Å². The summed E-state index contributed by atoms with van der Waals surface area (Å²) in [6.45, 7) is 1.39. The van der Waals surface area contributed by atoms with E-state index in [0.29, 0.717) is 6.42 Å². The Balaban J connectivity index is 2.58. The van der Waals surface area contributed by atoms with Gasteiger partial charge in [0.25, 0.3) is 0 Å². The van der Waals surface area contributed by atoms with Gasteiger partial charge >= 0.3 is 5.97 Å². The maximum atomic E-state index is 11.5. The van der Waals surface area contributed by atoms with Crippen LogP contribution in [0.25, 0.3) is 0 Å². The van der Waals surface area contributed by atoms with Crippen LogP contribution < -0.4 is 10.0 Å². The fraction of sp³-hybridized carbons (Fsp3) is 0.385. The van der Waals surface area contributed by atoms with Crippen LogP contribution in [0.4, 0.5) is 0 Å². The minimum absolute atomic E-state index is 0.135. The van der Waals surface area contributed by atoms with E-state index in [9.17, 15) is 18.0 Å². The van der Waals surface area contributed by atoms with Gasteiger partial charge in [0.15, 0.2) is 0 Å². The number of hydrogen-bond acceptors (Lipinski definition) is 4. The molecule has 3 N–H and O–H groups in total. The molecule has 1 unspecified atom stereocenters. The number of carboxylic acid groups (broad SMARTS) is 1. The number of carboxylic acids is 1. The van der Waals surface area contributed by atoms with Crippen LogP contribution in [-0.2, 0) is 26.0 Å². The molecule has 0 spiro atoms. The lowest BCUT2D eigenvalue weighted by Gasteiger charge is -2.09. The van der Waals surface area contributed by atoms with Crippen LogP contribution >= 0.6 is 0 Å². The predicted molar refractivity (Wildman–Crippen MR) is 76.2 cm³/mol. The summed E-state index contributed by atoms with van der Waals surface area (Å²) >= 11 is 0. The molecule has 0 radical (unpaired) electrons. The summed E-state index contributed by atoms with van der Waals surface area (Å²) in [4.78, 5) is 22.3. The number of rotatable bonds is 7. The third-order valence-electron chi connectivity index (χ3n) is 2.89. The first-order valence-electron chi connectivity index (χ1n) is 6.31. The van der Waals surface area contributed by atoms with Gasteiger partial charge in [-0.3, -0.25) is 9.59 Å². The molecule has 0 bridgehead atoms. The van der Waals surface area contributed by atoms with Gasteiger partial charge in [0, 0.05) is 6.42 Å². The van der Waals surface area contributed by atoms with E-state index >= 15 is 0 Å². The van der Waals surface area contributed by atoms with Crippen LogP contribution in [0.2, 0.25) is 0 Å². The summed E-state index contributed by atoms with van der Waals surface area (Å²) in [5, 5.41) is 11.0. The first kappa shape index (κ1) is 17.1. The third-order valence-corrected chi connectivity index (χ3v) is 4.32. The average Bonchev–Trinajstić information content (AvgIpc) is 2.45. The van der Waals surface area contributed by atoms with E-state index in [-0.39, 0.29) is 17.2 Å². The Morgan fingerprint density at radius 3 is 2.29 bits per heavy atom. The van der Waals surface area contributed by atoms with Crippen molar-refractivity contribution >= 4 is 21.9 Å². The van der Waals surface area contributed by atoms with Crippen molar-refractivity contribution in [2.75, 3.05) is 7.05 Å². The summed E-state index contributed by atoms with van der Waals surface area (Å²) in [6, 6.07) is 5.23. The molecule has 0 aromatic heterocycles. The molecule has 1 amide bonds. The molecule has 0 heterocycles. The fourth-order valence-electron chi connectivity index (χ4n) is 1.59. The number of sulfonamides is 1. The normalized spacial score (nSPS) is 12.7. The molecular weight excluding hydrogens is 296 g/mol. The van der Waals surface area contributed by atoms with E-state index < -0.39 is 22.0 Å². The predicted octanol–water partition coefficient (Wildman–Crippen LogP) is 0.117. The molecular formula is C13H18N2O5S. The molecule has 0 saturated heterocycles. The van der Waals surface area contributed by atoms with Crippen molar-refractivity contribution in [2.24, 2.45) is 0 Å². The minimum Gasteiger partial charge on any atom is -0.480 e. The summed E-state index contributed by atoms with van der Waals surface area (Å²) in [5.41, 5.74) is 0.795. The van der Waals surface area contributed by atoms with Gasteiger partial charge in [-0.05, 0) is 38.1 Å². The van der Waals surface area contributed by atoms with Crippen molar-refractivity contribution in [1.29, 1.82) is 0 Å². The molecule has 116 valence electrons. The highest BCUT2D eigenvalue weighted by molar-refractivity contribution is 7.89. The second-order valence-electron chi connectivity index (χ2n) is 4.48. The van der Waals surface area contributed by atoms with Crippen LogP contribution in [-0.4, -0.2) is 38.5 Å². The standard InChI is InChI=1S/C13H18N2O5S/c1-9(13(17)18)15-12(16)8-5-10-3-6-11(7-4-10)21(19,20)14-2/h3-4,6-7,9,14H,5,8H2,1-2H3,(H,15,16)(H,17,18). The smallest absolute Gasteiger partial charge is 0.325 e. The van der Waals surface area contributed by atoms with Crippen molar-refractivity contribution in [3.8, 4) is 0 Å². The molecule has 8 heteroatoms. The Hall–Kier alpha value is -1.93. The first-order valence-corrected chi connectivity index (χ1v) is 7.79. The maximum absolute atomic E-state index is 11.5. The lowest BCUT2D eigenvalue weighted by atomic mass is 10.1. The number of carbonyl (C=O) groups is 2. The lowest BCUT2D eigenvalue weighted by molar-refractivity contribution is -0.141. The molecule has 0 aliphatic rings. The van der Waals surface area contributed by atoms with Crippen LogP contribution in [0.3, 0.4) is 0 Å². The number of aliphatic carboxylic acids is 1. The quantitative estimate of drug-likeness (QED) is 0.661. The van der Waals surface area contributed by atoms with Gasteiger partial charge in [-0.25, -0.2) is 13.1 Å². The number of nitrogens with one attached hydrogen (secondary N) is 2.